The fourth-order valence-corrected chi connectivity index (χ4v) is 3.28. The minimum atomic E-state index is -0.279. The van der Waals surface area contributed by atoms with Gasteiger partial charge in [0.1, 0.15) is 21.6 Å². The summed E-state index contributed by atoms with van der Waals surface area (Å²) in [4.78, 5) is 4.47. The van der Waals surface area contributed by atoms with E-state index in [1.165, 1.54) is 29.4 Å². The molecule has 0 unspecified atom stereocenters. The molecule has 0 radical (unpaired) electrons. The van der Waals surface area contributed by atoms with E-state index in [1.807, 2.05) is 12.3 Å². The number of thiazole rings is 1. The Labute approximate surface area is 138 Å². The summed E-state index contributed by atoms with van der Waals surface area (Å²) in [6, 6.07) is 3.08. The molecule has 0 aliphatic rings. The van der Waals surface area contributed by atoms with Gasteiger partial charge in [-0.1, -0.05) is 13.2 Å². The Morgan fingerprint density at radius 1 is 1.41 bits per heavy atom. The maximum absolute atomic E-state index is 13.7. The quantitative estimate of drug-likeness (QED) is 0.573. The predicted octanol–water partition coefficient (Wildman–Crippen LogP) is 5.31. The first-order chi connectivity index (χ1) is 10.4. The fourth-order valence-electron chi connectivity index (χ4n) is 1.64. The number of nitrogens with zero attached hydrogens (tertiary/aromatic N) is 1. The molecule has 1 aromatic carbocycles. The zero-order valence-corrected chi connectivity index (χ0v) is 14.3. The van der Waals surface area contributed by atoms with Crippen LogP contribution in [-0.4, -0.2) is 12.1 Å². The summed E-state index contributed by atoms with van der Waals surface area (Å²) in [6.45, 7) is 11.4. The van der Waals surface area contributed by atoms with Gasteiger partial charge in [0.25, 0.3) is 0 Å². The van der Waals surface area contributed by atoms with Gasteiger partial charge in [-0.3, -0.25) is 0 Å². The lowest BCUT2D eigenvalue weighted by molar-refractivity contribution is 0.415. The minimum absolute atomic E-state index is 0.279. The van der Waals surface area contributed by atoms with Crippen molar-refractivity contribution in [3.05, 3.63) is 52.6 Å². The van der Waals surface area contributed by atoms with E-state index in [0.717, 1.165) is 21.2 Å². The third kappa shape index (κ3) is 3.69. The van der Waals surface area contributed by atoms with E-state index in [0.29, 0.717) is 17.0 Å². The van der Waals surface area contributed by atoms with Crippen LogP contribution in [0.4, 0.5) is 10.1 Å². The van der Waals surface area contributed by atoms with E-state index in [1.54, 1.807) is 20.1 Å². The van der Waals surface area contributed by atoms with Gasteiger partial charge in [-0.05, 0) is 31.1 Å². The Kier molecular flexibility index (Phi) is 5.26. The van der Waals surface area contributed by atoms with Gasteiger partial charge in [0.05, 0.1) is 12.8 Å². The zero-order valence-electron chi connectivity index (χ0n) is 12.7. The molecule has 0 fully saturated rings. The van der Waals surface area contributed by atoms with Crippen LogP contribution in [0, 0.1) is 12.7 Å². The molecule has 116 valence electrons. The van der Waals surface area contributed by atoms with Gasteiger partial charge in [0.15, 0.2) is 0 Å². The molecule has 1 heterocycles. The lowest BCUT2D eigenvalue weighted by Gasteiger charge is -2.11. The van der Waals surface area contributed by atoms with E-state index in [4.69, 9.17) is 4.74 Å². The minimum Gasteiger partial charge on any atom is -0.495 e. The number of ether oxygens (including phenoxy) is 1. The van der Waals surface area contributed by atoms with Crippen molar-refractivity contribution >= 4 is 34.5 Å². The lowest BCUT2D eigenvalue weighted by Crippen LogP contribution is -1.95. The summed E-state index contributed by atoms with van der Waals surface area (Å²) in [5.41, 5.74) is 2.84. The molecule has 2 rings (SSSR count). The van der Waals surface area contributed by atoms with Crippen LogP contribution < -0.4 is 9.46 Å². The van der Waals surface area contributed by atoms with Crippen molar-refractivity contribution in [3.63, 3.8) is 0 Å². The second-order valence-corrected chi connectivity index (χ2v) is 6.44. The van der Waals surface area contributed by atoms with Gasteiger partial charge in [-0.2, -0.15) is 0 Å². The summed E-state index contributed by atoms with van der Waals surface area (Å²) in [5, 5.41) is 3.53. The highest BCUT2D eigenvalue weighted by Gasteiger charge is 2.10. The molecular formula is C16H17FN2OS2. The third-order valence-corrected chi connectivity index (χ3v) is 4.79. The SMILES string of the molecule is C=C(C)C(=C)c1nc(SNc2cc(F)c(C)cc2OC)cs1. The normalized spacial score (nSPS) is 10.4. The molecule has 0 aliphatic heterocycles. The van der Waals surface area contributed by atoms with Gasteiger partial charge in [0, 0.05) is 29.0 Å². The van der Waals surface area contributed by atoms with Crippen molar-refractivity contribution in [2.75, 3.05) is 11.8 Å². The second kappa shape index (κ2) is 6.98. The Balaban J connectivity index is 2.12. The number of aromatic nitrogens is 1. The molecular weight excluding hydrogens is 319 g/mol. The van der Waals surface area contributed by atoms with Crippen LogP contribution in [0.1, 0.15) is 17.5 Å². The lowest BCUT2D eigenvalue weighted by atomic mass is 10.2. The maximum Gasteiger partial charge on any atom is 0.143 e. The van der Waals surface area contributed by atoms with Crippen molar-refractivity contribution in [1.82, 2.24) is 4.98 Å². The number of aryl methyl sites for hydroxylation is 1. The van der Waals surface area contributed by atoms with Crippen molar-refractivity contribution in [2.24, 2.45) is 0 Å². The number of anilines is 1. The molecule has 1 N–H and O–H groups in total. The van der Waals surface area contributed by atoms with Crippen molar-refractivity contribution in [2.45, 2.75) is 18.9 Å². The standard InChI is InChI=1S/C16H17FN2OS2/c1-9(2)11(4)16-18-15(8-21-16)22-19-13-7-12(17)10(3)6-14(13)20-5/h6-8,19H,1,4H2,2-3,5H3. The number of methoxy groups -OCH3 is 1. The number of hydrogen-bond donors (Lipinski definition) is 1. The van der Waals surface area contributed by atoms with E-state index >= 15 is 0 Å². The van der Waals surface area contributed by atoms with E-state index in [2.05, 4.69) is 22.9 Å². The van der Waals surface area contributed by atoms with Crippen LogP contribution in [0.15, 0.2) is 41.3 Å². The largest absolute Gasteiger partial charge is 0.495 e. The molecule has 0 saturated carbocycles. The molecule has 0 saturated heterocycles. The van der Waals surface area contributed by atoms with Gasteiger partial charge < -0.3 is 9.46 Å². The molecule has 0 aliphatic carbocycles. The number of allylic oxidation sites excluding steroid dienone is 2. The second-order valence-electron chi connectivity index (χ2n) is 4.76. The van der Waals surface area contributed by atoms with Gasteiger partial charge >= 0.3 is 0 Å². The number of nitrogens with one attached hydrogen (secondary N) is 1. The Morgan fingerprint density at radius 2 is 2.14 bits per heavy atom. The van der Waals surface area contributed by atoms with Crippen LogP contribution in [0.5, 0.6) is 5.75 Å². The summed E-state index contributed by atoms with van der Waals surface area (Å²) >= 11 is 2.80. The monoisotopic (exact) mass is 336 g/mol. The molecule has 6 heteroatoms. The number of halogens is 1. The molecule has 0 amide bonds. The van der Waals surface area contributed by atoms with Crippen LogP contribution in [0.2, 0.25) is 0 Å². The maximum atomic E-state index is 13.7. The topological polar surface area (TPSA) is 34.2 Å². The average Bonchev–Trinajstić information content (AvgIpc) is 2.95. The molecule has 22 heavy (non-hydrogen) atoms. The first-order valence-corrected chi connectivity index (χ1v) is 8.19. The first kappa shape index (κ1) is 16.6. The molecule has 2 aromatic rings. The predicted molar refractivity (Wildman–Crippen MR) is 93.1 cm³/mol. The van der Waals surface area contributed by atoms with E-state index in [9.17, 15) is 4.39 Å². The van der Waals surface area contributed by atoms with Gasteiger partial charge in [0.2, 0.25) is 0 Å². The van der Waals surface area contributed by atoms with Crippen molar-refractivity contribution < 1.29 is 9.13 Å². The third-order valence-electron chi connectivity index (χ3n) is 3.00. The fraction of sp³-hybridized carbons (Fsp3) is 0.188. The number of rotatable bonds is 6. The van der Waals surface area contributed by atoms with Crippen molar-refractivity contribution in [3.8, 4) is 5.75 Å². The summed E-state index contributed by atoms with van der Waals surface area (Å²) in [7, 11) is 1.56. The van der Waals surface area contributed by atoms with Crippen LogP contribution in [0.3, 0.4) is 0 Å². The van der Waals surface area contributed by atoms with Gasteiger partial charge in [-0.25, -0.2) is 9.37 Å². The van der Waals surface area contributed by atoms with Crippen LogP contribution in [0.25, 0.3) is 5.57 Å². The molecule has 3 nitrogen and oxygen atoms in total. The molecule has 0 atom stereocenters. The van der Waals surface area contributed by atoms with Crippen LogP contribution >= 0.6 is 23.3 Å². The van der Waals surface area contributed by atoms with Crippen LogP contribution in [-0.2, 0) is 0 Å². The highest BCUT2D eigenvalue weighted by Crippen LogP contribution is 2.33. The smallest absolute Gasteiger partial charge is 0.143 e. The highest BCUT2D eigenvalue weighted by atomic mass is 32.2. The average molecular weight is 336 g/mol. The molecule has 0 spiro atoms. The molecule has 0 bridgehead atoms. The van der Waals surface area contributed by atoms with Crippen molar-refractivity contribution in [1.29, 1.82) is 0 Å². The summed E-state index contributed by atoms with van der Waals surface area (Å²) in [5.74, 6) is 0.312. The number of hydrogen-bond acceptors (Lipinski definition) is 5. The number of benzene rings is 1. The Hall–Kier alpha value is -1.79. The Morgan fingerprint density at radius 3 is 2.77 bits per heavy atom. The zero-order chi connectivity index (χ0) is 16.3. The highest BCUT2D eigenvalue weighted by molar-refractivity contribution is 8.00. The molecule has 1 aromatic heterocycles. The Bertz CT molecular complexity index is 725. The summed E-state index contributed by atoms with van der Waals surface area (Å²) < 4.78 is 22.0. The van der Waals surface area contributed by atoms with E-state index < -0.39 is 0 Å². The summed E-state index contributed by atoms with van der Waals surface area (Å²) in [6.07, 6.45) is 0. The van der Waals surface area contributed by atoms with E-state index in [-0.39, 0.29) is 5.82 Å². The first-order valence-electron chi connectivity index (χ1n) is 6.50. The van der Waals surface area contributed by atoms with Gasteiger partial charge in [-0.15, -0.1) is 11.3 Å².